The lowest BCUT2D eigenvalue weighted by Gasteiger charge is -2.35. The SMILES string of the molecule is CCN1CCN(c2ccnc(CNC(C)(C)C)c2)CC1. The van der Waals surface area contributed by atoms with E-state index in [0.29, 0.717) is 0 Å². The molecular formula is C16H28N4. The highest BCUT2D eigenvalue weighted by molar-refractivity contribution is 5.47. The molecule has 1 fully saturated rings. The van der Waals surface area contributed by atoms with Crippen LogP contribution in [0.2, 0.25) is 0 Å². The minimum absolute atomic E-state index is 0.129. The molecule has 0 bridgehead atoms. The molecule has 20 heavy (non-hydrogen) atoms. The molecule has 0 atom stereocenters. The first-order valence-electron chi connectivity index (χ1n) is 7.65. The Labute approximate surface area is 123 Å². The number of aromatic nitrogens is 1. The second-order valence-corrected chi connectivity index (χ2v) is 6.53. The van der Waals surface area contributed by atoms with Crippen LogP contribution in [0.5, 0.6) is 0 Å². The van der Waals surface area contributed by atoms with Gasteiger partial charge in [0.1, 0.15) is 0 Å². The van der Waals surface area contributed by atoms with Gasteiger partial charge in [0.2, 0.25) is 0 Å². The van der Waals surface area contributed by atoms with E-state index in [1.165, 1.54) is 5.69 Å². The van der Waals surface area contributed by atoms with Crippen LogP contribution in [0.15, 0.2) is 18.3 Å². The van der Waals surface area contributed by atoms with Gasteiger partial charge in [-0.1, -0.05) is 6.92 Å². The van der Waals surface area contributed by atoms with E-state index < -0.39 is 0 Å². The highest BCUT2D eigenvalue weighted by Crippen LogP contribution is 2.17. The quantitative estimate of drug-likeness (QED) is 0.913. The predicted octanol–water partition coefficient (Wildman–Crippen LogP) is 2.11. The van der Waals surface area contributed by atoms with E-state index in [1.807, 2.05) is 6.20 Å². The first-order chi connectivity index (χ1) is 9.48. The fourth-order valence-electron chi connectivity index (χ4n) is 2.44. The Bertz CT molecular complexity index is 417. The zero-order chi connectivity index (χ0) is 14.6. The van der Waals surface area contributed by atoms with Gasteiger partial charge >= 0.3 is 0 Å². The number of nitrogens with one attached hydrogen (secondary N) is 1. The highest BCUT2D eigenvalue weighted by atomic mass is 15.3. The molecule has 0 unspecified atom stereocenters. The molecular weight excluding hydrogens is 248 g/mol. The van der Waals surface area contributed by atoms with E-state index in [9.17, 15) is 0 Å². The zero-order valence-corrected chi connectivity index (χ0v) is 13.3. The predicted molar refractivity (Wildman–Crippen MR) is 85.2 cm³/mol. The maximum absolute atomic E-state index is 4.47. The van der Waals surface area contributed by atoms with Gasteiger partial charge in [-0.25, -0.2) is 0 Å². The van der Waals surface area contributed by atoms with Crippen molar-refractivity contribution >= 4 is 5.69 Å². The minimum Gasteiger partial charge on any atom is -0.369 e. The summed E-state index contributed by atoms with van der Waals surface area (Å²) in [4.78, 5) is 9.44. The topological polar surface area (TPSA) is 31.4 Å². The van der Waals surface area contributed by atoms with Crippen molar-refractivity contribution in [3.8, 4) is 0 Å². The fraction of sp³-hybridized carbons (Fsp3) is 0.688. The summed E-state index contributed by atoms with van der Waals surface area (Å²) in [7, 11) is 0. The lowest BCUT2D eigenvalue weighted by atomic mass is 10.1. The van der Waals surface area contributed by atoms with Crippen molar-refractivity contribution in [2.45, 2.75) is 39.8 Å². The molecule has 0 aliphatic carbocycles. The molecule has 0 saturated carbocycles. The lowest BCUT2D eigenvalue weighted by Crippen LogP contribution is -2.46. The molecule has 112 valence electrons. The highest BCUT2D eigenvalue weighted by Gasteiger charge is 2.16. The fourth-order valence-corrected chi connectivity index (χ4v) is 2.44. The van der Waals surface area contributed by atoms with Crippen LogP contribution in [0.1, 0.15) is 33.4 Å². The van der Waals surface area contributed by atoms with E-state index in [1.54, 1.807) is 0 Å². The molecule has 1 N–H and O–H groups in total. The Hall–Kier alpha value is -1.13. The third-order valence-electron chi connectivity index (χ3n) is 3.78. The van der Waals surface area contributed by atoms with Crippen LogP contribution in [0.4, 0.5) is 5.69 Å². The smallest absolute Gasteiger partial charge is 0.0562 e. The third kappa shape index (κ3) is 4.46. The van der Waals surface area contributed by atoms with Gasteiger partial charge in [0.05, 0.1) is 5.69 Å². The van der Waals surface area contributed by atoms with Gasteiger partial charge in [0.15, 0.2) is 0 Å². The Kier molecular flexibility index (Phi) is 5.00. The van der Waals surface area contributed by atoms with E-state index in [2.05, 4.69) is 59.9 Å². The van der Waals surface area contributed by atoms with Gasteiger partial charge in [-0.3, -0.25) is 4.98 Å². The van der Waals surface area contributed by atoms with Crippen LogP contribution in [0.3, 0.4) is 0 Å². The van der Waals surface area contributed by atoms with Crippen molar-refractivity contribution < 1.29 is 0 Å². The Balaban J connectivity index is 1.96. The van der Waals surface area contributed by atoms with Crippen LogP contribution in [0.25, 0.3) is 0 Å². The monoisotopic (exact) mass is 276 g/mol. The minimum atomic E-state index is 0.129. The van der Waals surface area contributed by atoms with Gasteiger partial charge in [-0.15, -0.1) is 0 Å². The second kappa shape index (κ2) is 6.55. The van der Waals surface area contributed by atoms with Gasteiger partial charge < -0.3 is 15.1 Å². The number of likely N-dealkylation sites (N-methyl/N-ethyl adjacent to an activating group) is 1. The average Bonchev–Trinajstić information content (AvgIpc) is 2.45. The summed E-state index contributed by atoms with van der Waals surface area (Å²) < 4.78 is 0. The Morgan fingerprint density at radius 2 is 1.90 bits per heavy atom. The summed E-state index contributed by atoms with van der Waals surface area (Å²) >= 11 is 0. The molecule has 1 saturated heterocycles. The maximum atomic E-state index is 4.47. The zero-order valence-electron chi connectivity index (χ0n) is 13.3. The van der Waals surface area contributed by atoms with Gasteiger partial charge in [0.25, 0.3) is 0 Å². The van der Waals surface area contributed by atoms with Gasteiger partial charge in [-0.2, -0.15) is 0 Å². The summed E-state index contributed by atoms with van der Waals surface area (Å²) in [6.45, 7) is 15.3. The third-order valence-corrected chi connectivity index (χ3v) is 3.78. The van der Waals surface area contributed by atoms with Crippen LogP contribution in [0, 0.1) is 0 Å². The molecule has 2 rings (SSSR count). The molecule has 0 spiro atoms. The molecule has 1 aromatic heterocycles. The summed E-state index contributed by atoms with van der Waals surface area (Å²) in [6.07, 6.45) is 1.93. The number of anilines is 1. The van der Waals surface area contributed by atoms with Crippen LogP contribution in [-0.4, -0.2) is 48.1 Å². The number of rotatable bonds is 4. The molecule has 1 aliphatic heterocycles. The molecule has 4 nitrogen and oxygen atoms in total. The Morgan fingerprint density at radius 1 is 1.20 bits per heavy atom. The average molecular weight is 276 g/mol. The van der Waals surface area contributed by atoms with Gasteiger partial charge in [0, 0.05) is 50.1 Å². The van der Waals surface area contributed by atoms with Crippen LogP contribution in [-0.2, 0) is 6.54 Å². The van der Waals surface area contributed by atoms with Crippen molar-refractivity contribution in [3.63, 3.8) is 0 Å². The van der Waals surface area contributed by atoms with E-state index in [-0.39, 0.29) is 5.54 Å². The van der Waals surface area contributed by atoms with Crippen molar-refractivity contribution in [2.75, 3.05) is 37.6 Å². The lowest BCUT2D eigenvalue weighted by molar-refractivity contribution is 0.271. The molecule has 1 aromatic rings. The molecule has 0 radical (unpaired) electrons. The number of pyridine rings is 1. The van der Waals surface area contributed by atoms with Crippen molar-refractivity contribution in [1.82, 2.24) is 15.2 Å². The largest absolute Gasteiger partial charge is 0.369 e. The molecule has 1 aliphatic rings. The number of nitrogens with zero attached hydrogens (tertiary/aromatic N) is 3. The van der Waals surface area contributed by atoms with Crippen molar-refractivity contribution in [3.05, 3.63) is 24.0 Å². The number of hydrogen-bond acceptors (Lipinski definition) is 4. The summed E-state index contributed by atoms with van der Waals surface area (Å²) in [5.74, 6) is 0. The van der Waals surface area contributed by atoms with Gasteiger partial charge in [-0.05, 0) is 39.4 Å². The van der Waals surface area contributed by atoms with E-state index in [0.717, 1.165) is 45.0 Å². The maximum Gasteiger partial charge on any atom is 0.0562 e. The molecule has 0 aromatic carbocycles. The number of hydrogen-bond donors (Lipinski definition) is 1. The molecule has 2 heterocycles. The first-order valence-corrected chi connectivity index (χ1v) is 7.65. The molecule has 4 heteroatoms. The molecule has 0 amide bonds. The summed E-state index contributed by atoms with van der Waals surface area (Å²) in [5, 5.41) is 3.50. The standard InChI is InChI=1S/C16H28N4/c1-5-19-8-10-20(11-9-19)15-6-7-17-14(12-15)13-18-16(2,3)4/h6-7,12,18H,5,8-11,13H2,1-4H3. The second-order valence-electron chi connectivity index (χ2n) is 6.53. The van der Waals surface area contributed by atoms with Crippen molar-refractivity contribution in [2.24, 2.45) is 0 Å². The Morgan fingerprint density at radius 3 is 2.50 bits per heavy atom. The number of piperazine rings is 1. The summed E-state index contributed by atoms with van der Waals surface area (Å²) in [6, 6.07) is 4.35. The van der Waals surface area contributed by atoms with E-state index >= 15 is 0 Å². The summed E-state index contributed by atoms with van der Waals surface area (Å²) in [5.41, 5.74) is 2.56. The van der Waals surface area contributed by atoms with Crippen LogP contribution >= 0.6 is 0 Å². The van der Waals surface area contributed by atoms with Crippen LogP contribution < -0.4 is 10.2 Å². The van der Waals surface area contributed by atoms with Crippen molar-refractivity contribution in [1.29, 1.82) is 0 Å². The normalized spacial score (nSPS) is 17.5. The first kappa shape index (κ1) is 15.3. The van der Waals surface area contributed by atoms with E-state index in [4.69, 9.17) is 0 Å².